The van der Waals surface area contributed by atoms with Gasteiger partial charge < -0.3 is 5.11 Å². The smallest absolute Gasteiger partial charge is 0.309 e. The fourth-order valence-electron chi connectivity index (χ4n) is 1.38. The summed E-state index contributed by atoms with van der Waals surface area (Å²) >= 11 is 0. The van der Waals surface area contributed by atoms with Gasteiger partial charge in [0.2, 0.25) is 0 Å². The minimum Gasteiger partial charge on any atom is -0.481 e. The molecule has 0 amide bonds. The summed E-state index contributed by atoms with van der Waals surface area (Å²) in [5.74, 6) is -0.721. The molecule has 0 aliphatic rings. The van der Waals surface area contributed by atoms with Crippen LogP contribution in [0.15, 0.2) is 18.5 Å². The predicted octanol–water partition coefficient (Wildman–Crippen LogP) is 2.16. The van der Waals surface area contributed by atoms with Crippen LogP contribution in [0.2, 0.25) is 0 Å². The molecule has 1 heterocycles. The molecule has 0 aromatic carbocycles. The third-order valence-corrected chi connectivity index (χ3v) is 2.58. The van der Waals surface area contributed by atoms with Gasteiger partial charge in [-0.15, -0.1) is 0 Å². The zero-order valence-electron chi connectivity index (χ0n) is 9.31. The van der Waals surface area contributed by atoms with E-state index in [9.17, 15) is 4.79 Å². The van der Waals surface area contributed by atoms with Crippen molar-refractivity contribution in [2.75, 3.05) is 0 Å². The molecular formula is C11H18N2O2. The molecule has 0 bridgehead atoms. The second-order valence-electron chi connectivity index (χ2n) is 4.42. The molecule has 0 unspecified atom stereocenters. The number of hydrogen-bond donors (Lipinski definition) is 1. The van der Waals surface area contributed by atoms with E-state index in [4.69, 9.17) is 5.11 Å². The maximum absolute atomic E-state index is 10.8. The second kappa shape index (κ2) is 4.96. The molecule has 0 radical (unpaired) electrons. The highest BCUT2D eigenvalue weighted by atomic mass is 16.4. The lowest BCUT2D eigenvalue weighted by Gasteiger charge is -2.18. The maximum Gasteiger partial charge on any atom is 0.309 e. The van der Waals surface area contributed by atoms with Crippen LogP contribution in [-0.4, -0.2) is 20.9 Å². The van der Waals surface area contributed by atoms with Crippen molar-refractivity contribution in [3.8, 4) is 0 Å². The first-order chi connectivity index (χ1) is 7.02. The highest BCUT2D eigenvalue weighted by Gasteiger charge is 2.25. The molecule has 0 fully saturated rings. The molecule has 0 aliphatic carbocycles. The largest absolute Gasteiger partial charge is 0.481 e. The van der Waals surface area contributed by atoms with Gasteiger partial charge in [-0.05, 0) is 32.8 Å². The van der Waals surface area contributed by atoms with E-state index in [1.54, 1.807) is 20.0 Å². The summed E-state index contributed by atoms with van der Waals surface area (Å²) in [7, 11) is 0. The Morgan fingerprint density at radius 1 is 1.47 bits per heavy atom. The van der Waals surface area contributed by atoms with E-state index in [-0.39, 0.29) is 0 Å². The standard InChI is InChI=1S/C11H18N2O2/c1-11(2,10(14)15)6-3-4-8-13-9-5-7-12-13/h5,7,9H,3-4,6,8H2,1-2H3,(H,14,15). The van der Waals surface area contributed by atoms with Crippen molar-refractivity contribution in [2.45, 2.75) is 39.7 Å². The fraction of sp³-hybridized carbons (Fsp3) is 0.636. The van der Waals surface area contributed by atoms with Crippen molar-refractivity contribution in [3.63, 3.8) is 0 Å². The van der Waals surface area contributed by atoms with Crippen molar-refractivity contribution in [1.82, 2.24) is 9.78 Å². The van der Waals surface area contributed by atoms with Crippen molar-refractivity contribution in [2.24, 2.45) is 5.41 Å². The van der Waals surface area contributed by atoms with E-state index in [1.807, 2.05) is 16.9 Å². The summed E-state index contributed by atoms with van der Waals surface area (Å²) in [5.41, 5.74) is -0.607. The van der Waals surface area contributed by atoms with Crippen LogP contribution in [0.3, 0.4) is 0 Å². The minimum absolute atomic E-state index is 0.607. The van der Waals surface area contributed by atoms with Crippen LogP contribution in [0.5, 0.6) is 0 Å². The van der Waals surface area contributed by atoms with E-state index in [0.717, 1.165) is 19.4 Å². The summed E-state index contributed by atoms with van der Waals surface area (Å²) in [6.45, 7) is 4.40. The number of carbonyl (C=O) groups is 1. The Hall–Kier alpha value is -1.32. The van der Waals surface area contributed by atoms with Gasteiger partial charge in [-0.2, -0.15) is 5.10 Å². The number of aromatic nitrogens is 2. The molecular weight excluding hydrogens is 192 g/mol. The SMILES string of the molecule is CC(C)(CCCCn1cccn1)C(=O)O. The summed E-state index contributed by atoms with van der Waals surface area (Å²) in [5, 5.41) is 13.0. The quantitative estimate of drug-likeness (QED) is 0.732. The van der Waals surface area contributed by atoms with Gasteiger partial charge in [0.25, 0.3) is 0 Å². The van der Waals surface area contributed by atoms with Crippen molar-refractivity contribution >= 4 is 5.97 Å². The number of nitrogens with zero attached hydrogens (tertiary/aromatic N) is 2. The van der Waals surface area contributed by atoms with E-state index >= 15 is 0 Å². The van der Waals surface area contributed by atoms with Gasteiger partial charge in [0.15, 0.2) is 0 Å². The molecule has 1 aromatic rings. The van der Waals surface area contributed by atoms with Gasteiger partial charge >= 0.3 is 5.97 Å². The Labute approximate surface area is 89.9 Å². The van der Waals surface area contributed by atoms with Gasteiger partial charge in [-0.25, -0.2) is 0 Å². The molecule has 1 rings (SSSR count). The Bertz CT molecular complexity index is 304. The van der Waals surface area contributed by atoms with Crippen LogP contribution in [0.25, 0.3) is 0 Å². The molecule has 0 spiro atoms. The summed E-state index contributed by atoms with van der Waals surface area (Å²) in [6.07, 6.45) is 6.27. The molecule has 1 aromatic heterocycles. The third-order valence-electron chi connectivity index (χ3n) is 2.58. The maximum atomic E-state index is 10.8. The molecule has 1 N–H and O–H groups in total. The summed E-state index contributed by atoms with van der Waals surface area (Å²) in [4.78, 5) is 10.8. The van der Waals surface area contributed by atoms with E-state index in [1.165, 1.54) is 0 Å². The number of carboxylic acid groups (broad SMARTS) is 1. The first-order valence-electron chi connectivity index (χ1n) is 5.23. The average Bonchev–Trinajstić information content (AvgIpc) is 2.64. The Balaban J connectivity index is 2.19. The number of aliphatic carboxylic acids is 1. The summed E-state index contributed by atoms with van der Waals surface area (Å²) in [6, 6.07) is 1.89. The first kappa shape index (κ1) is 11.8. The van der Waals surface area contributed by atoms with Crippen LogP contribution < -0.4 is 0 Å². The first-order valence-corrected chi connectivity index (χ1v) is 5.23. The monoisotopic (exact) mass is 210 g/mol. The van der Waals surface area contributed by atoms with E-state index in [0.29, 0.717) is 6.42 Å². The lowest BCUT2D eigenvalue weighted by molar-refractivity contribution is -0.147. The van der Waals surface area contributed by atoms with Crippen molar-refractivity contribution in [3.05, 3.63) is 18.5 Å². The molecule has 84 valence electrons. The zero-order valence-corrected chi connectivity index (χ0v) is 9.31. The average molecular weight is 210 g/mol. The van der Waals surface area contributed by atoms with Crippen LogP contribution in [-0.2, 0) is 11.3 Å². The number of carboxylic acids is 1. The molecule has 0 aliphatic heterocycles. The molecule has 0 saturated carbocycles. The Kier molecular flexibility index (Phi) is 3.88. The van der Waals surface area contributed by atoms with Crippen LogP contribution in [0.4, 0.5) is 0 Å². The van der Waals surface area contributed by atoms with Crippen LogP contribution >= 0.6 is 0 Å². The zero-order chi connectivity index (χ0) is 11.3. The summed E-state index contributed by atoms with van der Waals surface area (Å²) < 4.78 is 1.87. The lowest BCUT2D eigenvalue weighted by Crippen LogP contribution is -2.23. The number of hydrogen-bond acceptors (Lipinski definition) is 2. The number of rotatable bonds is 6. The molecule has 15 heavy (non-hydrogen) atoms. The van der Waals surface area contributed by atoms with Gasteiger partial charge in [0.05, 0.1) is 5.41 Å². The fourth-order valence-corrected chi connectivity index (χ4v) is 1.38. The van der Waals surface area contributed by atoms with Crippen molar-refractivity contribution < 1.29 is 9.90 Å². The predicted molar refractivity (Wildman–Crippen MR) is 57.5 cm³/mol. The topological polar surface area (TPSA) is 55.1 Å². The number of aryl methyl sites for hydroxylation is 1. The second-order valence-corrected chi connectivity index (χ2v) is 4.42. The van der Waals surface area contributed by atoms with Gasteiger partial charge in [-0.3, -0.25) is 9.48 Å². The van der Waals surface area contributed by atoms with Gasteiger partial charge in [0, 0.05) is 18.9 Å². The Morgan fingerprint density at radius 2 is 2.20 bits per heavy atom. The lowest BCUT2D eigenvalue weighted by atomic mass is 9.87. The molecule has 0 saturated heterocycles. The highest BCUT2D eigenvalue weighted by Crippen LogP contribution is 2.23. The van der Waals surface area contributed by atoms with Crippen molar-refractivity contribution in [1.29, 1.82) is 0 Å². The van der Waals surface area contributed by atoms with Gasteiger partial charge in [-0.1, -0.05) is 6.42 Å². The normalized spacial score (nSPS) is 11.6. The Morgan fingerprint density at radius 3 is 2.73 bits per heavy atom. The highest BCUT2D eigenvalue weighted by molar-refractivity contribution is 5.73. The third kappa shape index (κ3) is 3.73. The van der Waals surface area contributed by atoms with E-state index < -0.39 is 11.4 Å². The molecule has 4 heteroatoms. The van der Waals surface area contributed by atoms with Gasteiger partial charge in [0.1, 0.15) is 0 Å². The molecule has 0 atom stereocenters. The molecule has 4 nitrogen and oxygen atoms in total. The van der Waals surface area contributed by atoms with Crippen LogP contribution in [0, 0.1) is 5.41 Å². The van der Waals surface area contributed by atoms with E-state index in [2.05, 4.69) is 5.10 Å². The minimum atomic E-state index is -0.721. The number of unbranched alkanes of at least 4 members (excludes halogenated alkanes) is 1. The van der Waals surface area contributed by atoms with Crippen LogP contribution in [0.1, 0.15) is 33.1 Å².